The molecule has 0 bridgehead atoms. The molecule has 0 saturated heterocycles. The zero-order valence-electron chi connectivity index (χ0n) is 9.37. The van der Waals surface area contributed by atoms with Gasteiger partial charge in [-0.3, -0.25) is 0 Å². The Bertz CT molecular complexity index is 146. The van der Waals surface area contributed by atoms with Crippen molar-refractivity contribution in [1.82, 2.24) is 0 Å². The Balaban J connectivity index is 3.48. The third-order valence-corrected chi connectivity index (χ3v) is 1.79. The van der Waals surface area contributed by atoms with E-state index in [1.165, 1.54) is 0 Å². The number of unbranched alkanes of at least 4 members (excludes halogenated alkanes) is 1. The van der Waals surface area contributed by atoms with Crippen LogP contribution in [0.5, 0.6) is 0 Å². The van der Waals surface area contributed by atoms with E-state index >= 15 is 0 Å². The first-order valence-corrected chi connectivity index (χ1v) is 5.35. The van der Waals surface area contributed by atoms with Crippen molar-refractivity contribution >= 4 is 0 Å². The molecular weight excluding hydrogens is 176 g/mol. The fourth-order valence-electron chi connectivity index (χ4n) is 1.18. The lowest BCUT2D eigenvalue weighted by Gasteiger charge is -2.15. The summed E-state index contributed by atoms with van der Waals surface area (Å²) in [5.74, 6) is 0. The molecule has 0 spiro atoms. The Labute approximate surface area is 87.6 Å². The Kier molecular flexibility index (Phi) is 10.0. The molecule has 2 heteroatoms. The maximum atomic E-state index is 5.42. The van der Waals surface area contributed by atoms with Crippen molar-refractivity contribution in [3.63, 3.8) is 0 Å². The lowest BCUT2D eigenvalue weighted by atomic mass is 10.2. The SMILES string of the molecule is C=C/C=C\CCCC(OCC)OCC. The van der Waals surface area contributed by atoms with Crippen molar-refractivity contribution in [3.8, 4) is 0 Å². The van der Waals surface area contributed by atoms with Crippen molar-refractivity contribution in [2.45, 2.75) is 39.4 Å². The van der Waals surface area contributed by atoms with Crippen molar-refractivity contribution < 1.29 is 9.47 Å². The van der Waals surface area contributed by atoms with Gasteiger partial charge in [0.1, 0.15) is 0 Å². The van der Waals surface area contributed by atoms with Gasteiger partial charge in [0.25, 0.3) is 0 Å². The summed E-state index contributed by atoms with van der Waals surface area (Å²) in [5, 5.41) is 0. The van der Waals surface area contributed by atoms with E-state index in [1.54, 1.807) is 6.08 Å². The molecule has 0 radical (unpaired) electrons. The van der Waals surface area contributed by atoms with E-state index in [0.717, 1.165) is 19.3 Å². The largest absolute Gasteiger partial charge is 0.353 e. The Hall–Kier alpha value is -0.600. The van der Waals surface area contributed by atoms with Crippen LogP contribution in [0.2, 0.25) is 0 Å². The minimum atomic E-state index is -0.0258. The minimum absolute atomic E-state index is 0.0258. The Morgan fingerprint density at radius 1 is 1.21 bits per heavy atom. The van der Waals surface area contributed by atoms with Crippen LogP contribution in [-0.4, -0.2) is 19.5 Å². The van der Waals surface area contributed by atoms with Crippen LogP contribution in [0, 0.1) is 0 Å². The fraction of sp³-hybridized carbons (Fsp3) is 0.667. The van der Waals surface area contributed by atoms with Gasteiger partial charge in [-0.2, -0.15) is 0 Å². The maximum absolute atomic E-state index is 5.42. The highest BCUT2D eigenvalue weighted by atomic mass is 16.7. The lowest BCUT2D eigenvalue weighted by molar-refractivity contribution is -0.139. The van der Waals surface area contributed by atoms with Gasteiger partial charge in [0.2, 0.25) is 0 Å². The standard InChI is InChI=1S/C12H22O2/c1-4-7-8-9-10-11-12(13-5-2)14-6-3/h4,7-8,12H,1,5-6,9-11H2,2-3H3/b8-7-. The summed E-state index contributed by atoms with van der Waals surface area (Å²) in [6, 6.07) is 0. The van der Waals surface area contributed by atoms with Crippen LogP contribution in [0.15, 0.2) is 24.8 Å². The molecule has 0 aromatic rings. The van der Waals surface area contributed by atoms with Gasteiger partial charge in [-0.15, -0.1) is 0 Å². The first-order valence-electron chi connectivity index (χ1n) is 5.35. The predicted octanol–water partition coefficient (Wildman–Crippen LogP) is 3.30. The predicted molar refractivity (Wildman–Crippen MR) is 60.2 cm³/mol. The Morgan fingerprint density at radius 2 is 1.86 bits per heavy atom. The molecule has 0 N–H and O–H groups in total. The maximum Gasteiger partial charge on any atom is 0.157 e. The zero-order chi connectivity index (χ0) is 10.6. The van der Waals surface area contributed by atoms with Crippen LogP contribution >= 0.6 is 0 Å². The topological polar surface area (TPSA) is 18.5 Å². The molecule has 0 unspecified atom stereocenters. The van der Waals surface area contributed by atoms with Gasteiger partial charge >= 0.3 is 0 Å². The second-order valence-corrected chi connectivity index (χ2v) is 2.94. The molecule has 0 heterocycles. The smallest absolute Gasteiger partial charge is 0.157 e. The van der Waals surface area contributed by atoms with Crippen LogP contribution in [0.1, 0.15) is 33.1 Å². The highest BCUT2D eigenvalue weighted by Crippen LogP contribution is 2.07. The van der Waals surface area contributed by atoms with Crippen molar-refractivity contribution in [3.05, 3.63) is 24.8 Å². The fourth-order valence-corrected chi connectivity index (χ4v) is 1.18. The van der Waals surface area contributed by atoms with Gasteiger partial charge in [-0.1, -0.05) is 24.8 Å². The molecule has 0 rings (SSSR count). The molecule has 0 aliphatic heterocycles. The molecule has 0 saturated carbocycles. The number of hydrogen-bond acceptors (Lipinski definition) is 2. The van der Waals surface area contributed by atoms with E-state index in [-0.39, 0.29) is 6.29 Å². The summed E-state index contributed by atoms with van der Waals surface area (Å²) in [5.41, 5.74) is 0. The first kappa shape index (κ1) is 13.4. The summed E-state index contributed by atoms with van der Waals surface area (Å²) in [4.78, 5) is 0. The van der Waals surface area contributed by atoms with Crippen LogP contribution in [-0.2, 0) is 9.47 Å². The molecular formula is C12H22O2. The second kappa shape index (κ2) is 10.5. The van der Waals surface area contributed by atoms with Crippen molar-refractivity contribution in [2.24, 2.45) is 0 Å². The molecule has 0 aliphatic carbocycles. The third kappa shape index (κ3) is 8.02. The van der Waals surface area contributed by atoms with E-state index < -0.39 is 0 Å². The van der Waals surface area contributed by atoms with Crippen LogP contribution < -0.4 is 0 Å². The van der Waals surface area contributed by atoms with Crippen LogP contribution in [0.25, 0.3) is 0 Å². The van der Waals surface area contributed by atoms with E-state index in [1.807, 2.05) is 19.9 Å². The Morgan fingerprint density at radius 3 is 2.36 bits per heavy atom. The number of hydrogen-bond donors (Lipinski definition) is 0. The number of rotatable bonds is 9. The molecule has 0 aromatic heterocycles. The van der Waals surface area contributed by atoms with E-state index in [9.17, 15) is 0 Å². The molecule has 0 aliphatic rings. The second-order valence-electron chi connectivity index (χ2n) is 2.94. The molecule has 0 aromatic carbocycles. The zero-order valence-corrected chi connectivity index (χ0v) is 9.37. The van der Waals surface area contributed by atoms with Gasteiger partial charge < -0.3 is 9.47 Å². The van der Waals surface area contributed by atoms with E-state index in [0.29, 0.717) is 13.2 Å². The van der Waals surface area contributed by atoms with Gasteiger partial charge in [0.05, 0.1) is 0 Å². The number of allylic oxidation sites excluding steroid dienone is 3. The summed E-state index contributed by atoms with van der Waals surface area (Å²) >= 11 is 0. The van der Waals surface area contributed by atoms with Crippen LogP contribution in [0.4, 0.5) is 0 Å². The first-order chi connectivity index (χ1) is 6.85. The third-order valence-electron chi connectivity index (χ3n) is 1.79. The molecule has 0 fully saturated rings. The molecule has 0 amide bonds. The molecule has 0 atom stereocenters. The van der Waals surface area contributed by atoms with Gasteiger partial charge in [-0.25, -0.2) is 0 Å². The van der Waals surface area contributed by atoms with Crippen molar-refractivity contribution in [1.29, 1.82) is 0 Å². The van der Waals surface area contributed by atoms with Gasteiger partial charge in [0.15, 0.2) is 6.29 Å². The average Bonchev–Trinajstić information content (AvgIpc) is 2.18. The van der Waals surface area contributed by atoms with Crippen molar-refractivity contribution in [2.75, 3.05) is 13.2 Å². The van der Waals surface area contributed by atoms with E-state index in [4.69, 9.17) is 9.47 Å². The number of ether oxygens (including phenoxy) is 2. The summed E-state index contributed by atoms with van der Waals surface area (Å²) in [6.07, 6.45) is 8.96. The normalized spacial score (nSPS) is 11.4. The lowest BCUT2D eigenvalue weighted by Crippen LogP contribution is -2.16. The summed E-state index contributed by atoms with van der Waals surface area (Å²) in [7, 11) is 0. The van der Waals surface area contributed by atoms with Gasteiger partial charge in [-0.05, 0) is 33.1 Å². The average molecular weight is 198 g/mol. The highest BCUT2D eigenvalue weighted by Gasteiger charge is 2.05. The van der Waals surface area contributed by atoms with E-state index in [2.05, 4.69) is 12.7 Å². The minimum Gasteiger partial charge on any atom is -0.353 e. The van der Waals surface area contributed by atoms with Gasteiger partial charge in [0, 0.05) is 13.2 Å². The highest BCUT2D eigenvalue weighted by molar-refractivity contribution is 4.96. The monoisotopic (exact) mass is 198 g/mol. The molecule has 82 valence electrons. The summed E-state index contributed by atoms with van der Waals surface area (Å²) in [6.45, 7) is 9.03. The quantitative estimate of drug-likeness (QED) is 0.321. The molecule has 14 heavy (non-hydrogen) atoms. The summed E-state index contributed by atoms with van der Waals surface area (Å²) < 4.78 is 10.8. The molecule has 2 nitrogen and oxygen atoms in total. The van der Waals surface area contributed by atoms with Crippen LogP contribution in [0.3, 0.4) is 0 Å².